The number of fused-ring (bicyclic) bond motifs is 2. The van der Waals surface area contributed by atoms with Crippen molar-refractivity contribution in [2.24, 2.45) is 22.7 Å². The van der Waals surface area contributed by atoms with Crippen LogP contribution in [0.5, 0.6) is 0 Å². The van der Waals surface area contributed by atoms with Crippen LogP contribution in [0.4, 0.5) is 4.39 Å². The van der Waals surface area contributed by atoms with Gasteiger partial charge in [-0.1, -0.05) is 13.2 Å². The molecule has 4 unspecified atom stereocenters. The fourth-order valence-electron chi connectivity index (χ4n) is 4.20. The van der Waals surface area contributed by atoms with E-state index in [1.807, 2.05) is 13.0 Å². The molecule has 146 valence electrons. The maximum absolute atomic E-state index is 14.5. The van der Waals surface area contributed by atoms with Crippen LogP contribution >= 0.6 is 0 Å². The third-order valence-electron chi connectivity index (χ3n) is 5.78. The van der Waals surface area contributed by atoms with Crippen molar-refractivity contribution < 1.29 is 9.50 Å². The van der Waals surface area contributed by atoms with Crippen LogP contribution in [-0.4, -0.2) is 32.0 Å². The topological polar surface area (TPSA) is 86.2 Å². The van der Waals surface area contributed by atoms with Crippen LogP contribution in [0.25, 0.3) is 11.0 Å². The van der Waals surface area contributed by atoms with Gasteiger partial charge < -0.3 is 10.4 Å². The molecule has 2 aromatic rings. The number of aromatic nitrogens is 3. The molecule has 6 nitrogen and oxygen atoms in total. The highest BCUT2D eigenvalue weighted by Crippen LogP contribution is 2.57. The summed E-state index contributed by atoms with van der Waals surface area (Å²) in [6.07, 6.45) is 4.72. The molecule has 0 radical (unpaired) electrons. The van der Waals surface area contributed by atoms with E-state index < -0.39 is 5.83 Å². The summed E-state index contributed by atoms with van der Waals surface area (Å²) in [5.74, 6) is 0.731. The van der Waals surface area contributed by atoms with Gasteiger partial charge >= 0.3 is 0 Å². The molecule has 4 rings (SSSR count). The van der Waals surface area contributed by atoms with E-state index in [1.165, 1.54) is 0 Å². The SMILES string of the molecule is C=C(NC1CC(C(=C)O)C2CC12)/C(F)=C\N=C(/C)c1n[nH]c2ncc(C)cc12. The highest BCUT2D eigenvalue weighted by atomic mass is 19.1. The van der Waals surface area contributed by atoms with Gasteiger partial charge in [0, 0.05) is 23.5 Å². The zero-order valence-corrected chi connectivity index (χ0v) is 16.0. The van der Waals surface area contributed by atoms with Crippen LogP contribution in [0.3, 0.4) is 0 Å². The van der Waals surface area contributed by atoms with Crippen molar-refractivity contribution in [3.8, 4) is 0 Å². The highest BCUT2D eigenvalue weighted by molar-refractivity contribution is 6.07. The number of aliphatic hydroxyl groups is 1. The molecule has 3 N–H and O–H groups in total. The maximum Gasteiger partial charge on any atom is 0.163 e. The molecule has 0 aliphatic heterocycles. The van der Waals surface area contributed by atoms with Crippen molar-refractivity contribution in [3.05, 3.63) is 60.2 Å². The predicted octanol–water partition coefficient (Wildman–Crippen LogP) is 4.09. The monoisotopic (exact) mass is 381 g/mol. The molecule has 0 amide bonds. The lowest BCUT2D eigenvalue weighted by atomic mass is 10.0. The summed E-state index contributed by atoms with van der Waals surface area (Å²) in [5.41, 5.74) is 3.13. The number of pyridine rings is 1. The summed E-state index contributed by atoms with van der Waals surface area (Å²) in [7, 11) is 0. The van der Waals surface area contributed by atoms with E-state index in [2.05, 4.69) is 38.6 Å². The molecular weight excluding hydrogens is 357 g/mol. The second kappa shape index (κ2) is 6.89. The molecule has 2 saturated carbocycles. The third-order valence-corrected chi connectivity index (χ3v) is 5.78. The van der Waals surface area contributed by atoms with Crippen LogP contribution in [0.15, 0.2) is 53.9 Å². The lowest BCUT2D eigenvalue weighted by Crippen LogP contribution is -2.29. The van der Waals surface area contributed by atoms with E-state index >= 15 is 0 Å². The van der Waals surface area contributed by atoms with E-state index in [-0.39, 0.29) is 23.4 Å². The molecule has 28 heavy (non-hydrogen) atoms. The molecule has 7 heteroatoms. The van der Waals surface area contributed by atoms with Crippen LogP contribution in [-0.2, 0) is 0 Å². The molecule has 0 spiro atoms. The van der Waals surface area contributed by atoms with Crippen LogP contribution in [0, 0.1) is 24.7 Å². The number of nitrogens with zero attached hydrogens (tertiary/aromatic N) is 3. The zero-order valence-electron chi connectivity index (χ0n) is 16.0. The number of aliphatic imine (C=N–C) groups is 1. The standard InChI is InChI=1S/C21H24FN5O/c1-10-5-17-20(26-27-21(17)24-8-10)12(3)23-9-18(22)11(2)25-19-7-14(13(4)28)15-6-16(15)19/h5,8-9,14-16,19,25,28H,2,4,6-7H2,1,3H3,(H,24,26,27)/b18-9+,23-12+. The van der Waals surface area contributed by atoms with E-state index in [4.69, 9.17) is 0 Å². The Hall–Kier alpha value is -2.96. The number of allylic oxidation sites excluding steroid dienone is 2. The number of halogens is 1. The summed E-state index contributed by atoms with van der Waals surface area (Å²) in [6, 6.07) is 2.08. The van der Waals surface area contributed by atoms with Gasteiger partial charge in [-0.15, -0.1) is 0 Å². The Morgan fingerprint density at radius 1 is 1.39 bits per heavy atom. The Kier molecular flexibility index (Phi) is 4.53. The molecule has 0 bridgehead atoms. The summed E-state index contributed by atoms with van der Waals surface area (Å²) in [6.45, 7) is 11.2. The normalized spacial score (nSPS) is 27.0. The molecule has 2 aromatic heterocycles. The molecular formula is C21H24FN5O. The van der Waals surface area contributed by atoms with Gasteiger partial charge in [0.1, 0.15) is 5.69 Å². The van der Waals surface area contributed by atoms with Crippen molar-refractivity contribution in [3.63, 3.8) is 0 Å². The minimum absolute atomic E-state index is 0.104. The summed E-state index contributed by atoms with van der Waals surface area (Å²) in [5, 5.41) is 20.8. The Morgan fingerprint density at radius 2 is 2.18 bits per heavy atom. The Labute approximate surface area is 163 Å². The first-order valence-electron chi connectivity index (χ1n) is 9.40. The average Bonchev–Trinajstić information content (AvgIpc) is 3.20. The number of aromatic amines is 1. The molecule has 2 aliphatic carbocycles. The smallest absolute Gasteiger partial charge is 0.163 e. The summed E-state index contributed by atoms with van der Waals surface area (Å²) in [4.78, 5) is 8.51. The number of nitrogens with one attached hydrogen (secondary N) is 2. The largest absolute Gasteiger partial charge is 0.513 e. The first kappa shape index (κ1) is 18.4. The van der Waals surface area contributed by atoms with Gasteiger partial charge in [-0.25, -0.2) is 9.37 Å². The van der Waals surface area contributed by atoms with Crippen molar-refractivity contribution >= 4 is 16.7 Å². The second-order valence-electron chi connectivity index (χ2n) is 7.80. The molecule has 2 aliphatic rings. The quantitative estimate of drug-likeness (QED) is 0.400. The Morgan fingerprint density at radius 3 is 2.89 bits per heavy atom. The van der Waals surface area contributed by atoms with E-state index in [1.54, 1.807) is 13.1 Å². The van der Waals surface area contributed by atoms with Crippen LogP contribution in [0.1, 0.15) is 31.0 Å². The first-order valence-corrected chi connectivity index (χ1v) is 9.40. The first-order chi connectivity index (χ1) is 13.3. The van der Waals surface area contributed by atoms with Gasteiger partial charge in [0.15, 0.2) is 11.5 Å². The van der Waals surface area contributed by atoms with Crippen molar-refractivity contribution in [2.75, 3.05) is 0 Å². The number of aryl methyl sites for hydroxylation is 1. The summed E-state index contributed by atoms with van der Waals surface area (Å²) < 4.78 is 14.5. The van der Waals surface area contributed by atoms with Crippen molar-refractivity contribution in [1.82, 2.24) is 20.5 Å². The lowest BCUT2D eigenvalue weighted by molar-refractivity contribution is 0.310. The Balaban J connectivity index is 1.45. The van der Waals surface area contributed by atoms with Crippen LogP contribution in [0.2, 0.25) is 0 Å². The van der Waals surface area contributed by atoms with Gasteiger partial charge in [0.2, 0.25) is 0 Å². The summed E-state index contributed by atoms with van der Waals surface area (Å²) >= 11 is 0. The average molecular weight is 381 g/mol. The minimum Gasteiger partial charge on any atom is -0.513 e. The predicted molar refractivity (Wildman–Crippen MR) is 108 cm³/mol. The van der Waals surface area contributed by atoms with Crippen molar-refractivity contribution in [2.45, 2.75) is 32.7 Å². The van der Waals surface area contributed by atoms with Crippen LogP contribution < -0.4 is 5.32 Å². The Bertz CT molecular complexity index is 1020. The third kappa shape index (κ3) is 3.32. The number of aliphatic hydroxyl groups excluding tert-OH is 1. The number of hydrogen-bond acceptors (Lipinski definition) is 5. The van der Waals surface area contributed by atoms with E-state index in [9.17, 15) is 9.50 Å². The molecule has 2 heterocycles. The second-order valence-corrected chi connectivity index (χ2v) is 7.80. The number of hydrogen-bond donors (Lipinski definition) is 3. The fraction of sp³-hybridized carbons (Fsp3) is 0.381. The zero-order chi connectivity index (χ0) is 20.0. The van der Waals surface area contributed by atoms with Crippen molar-refractivity contribution in [1.29, 1.82) is 0 Å². The number of H-pyrrole nitrogens is 1. The molecule has 4 atom stereocenters. The lowest BCUT2D eigenvalue weighted by Gasteiger charge is -2.18. The van der Waals surface area contributed by atoms with Gasteiger partial charge in [-0.05, 0) is 50.2 Å². The highest BCUT2D eigenvalue weighted by Gasteiger charge is 2.55. The maximum atomic E-state index is 14.5. The number of rotatable bonds is 6. The molecule has 0 saturated heterocycles. The van der Waals surface area contributed by atoms with Gasteiger partial charge in [0.25, 0.3) is 0 Å². The minimum atomic E-state index is -0.517. The van der Waals surface area contributed by atoms with Gasteiger partial charge in [-0.2, -0.15) is 5.10 Å². The van der Waals surface area contributed by atoms with Gasteiger partial charge in [-0.3, -0.25) is 10.1 Å². The molecule has 0 aromatic carbocycles. The van der Waals surface area contributed by atoms with E-state index in [0.29, 0.717) is 28.9 Å². The van der Waals surface area contributed by atoms with Gasteiger partial charge in [0.05, 0.1) is 23.4 Å². The molecule has 2 fully saturated rings. The van der Waals surface area contributed by atoms with E-state index in [0.717, 1.165) is 30.0 Å². The fourth-order valence-corrected chi connectivity index (χ4v) is 4.20.